The van der Waals surface area contributed by atoms with Gasteiger partial charge >= 0.3 is 0 Å². The summed E-state index contributed by atoms with van der Waals surface area (Å²) < 4.78 is 2.08. The van der Waals surface area contributed by atoms with Crippen molar-refractivity contribution < 1.29 is 4.79 Å². The third-order valence-corrected chi connectivity index (χ3v) is 7.14. The molecule has 0 unspecified atom stereocenters. The van der Waals surface area contributed by atoms with Crippen molar-refractivity contribution in [3.63, 3.8) is 0 Å². The normalized spacial score (nSPS) is 39.8. The van der Waals surface area contributed by atoms with E-state index in [2.05, 4.69) is 20.9 Å². The molecular weight excluding hydrogens is 286 g/mol. The van der Waals surface area contributed by atoms with Crippen LogP contribution in [0.3, 0.4) is 0 Å². The Labute approximate surface area is 138 Å². The molecular formula is C19H27N3O. The predicted molar refractivity (Wildman–Crippen MR) is 87.7 cm³/mol. The highest BCUT2D eigenvalue weighted by atomic mass is 16.2. The summed E-state index contributed by atoms with van der Waals surface area (Å²) >= 11 is 0. The Morgan fingerprint density at radius 3 is 2.13 bits per heavy atom. The summed E-state index contributed by atoms with van der Waals surface area (Å²) in [6, 6.07) is 2.47. The van der Waals surface area contributed by atoms with Crippen molar-refractivity contribution >= 4 is 5.91 Å². The molecule has 0 spiro atoms. The van der Waals surface area contributed by atoms with Crippen LogP contribution in [0, 0.1) is 23.2 Å². The number of carbonyl (C=O) groups is 1. The molecule has 1 aromatic heterocycles. The largest absolute Gasteiger partial charge is 0.342 e. The van der Waals surface area contributed by atoms with Crippen LogP contribution in [-0.2, 0) is 4.79 Å². The average molecular weight is 313 g/mol. The maximum atomic E-state index is 13.3. The lowest BCUT2D eigenvalue weighted by Crippen LogP contribution is -2.55. The van der Waals surface area contributed by atoms with Gasteiger partial charge in [-0.2, -0.15) is 5.10 Å². The molecule has 4 heteroatoms. The van der Waals surface area contributed by atoms with E-state index in [1.807, 2.05) is 12.3 Å². The van der Waals surface area contributed by atoms with Crippen molar-refractivity contribution in [2.75, 3.05) is 13.1 Å². The predicted octanol–water partition coefficient (Wildman–Crippen LogP) is 3.26. The number of hydrogen-bond acceptors (Lipinski definition) is 2. The molecule has 1 aromatic rings. The molecule has 5 aliphatic rings. The van der Waals surface area contributed by atoms with Crippen molar-refractivity contribution in [2.24, 2.45) is 23.2 Å². The van der Waals surface area contributed by atoms with Crippen LogP contribution in [0.15, 0.2) is 18.5 Å². The number of hydrogen-bond donors (Lipinski definition) is 0. The van der Waals surface area contributed by atoms with E-state index in [0.29, 0.717) is 11.9 Å². The standard InChI is InChI=1S/C19H27N3O/c23-18(19-11-14-8-15(12-19)10-16(9-14)13-19)21-6-2-17(3-7-21)22-5-1-4-20-22/h1,4-5,14-17H,2-3,6-13H2. The smallest absolute Gasteiger partial charge is 0.228 e. The van der Waals surface area contributed by atoms with E-state index < -0.39 is 0 Å². The Bertz CT molecular complexity index is 550. The molecule has 2 heterocycles. The number of aromatic nitrogens is 2. The molecule has 0 radical (unpaired) electrons. The van der Waals surface area contributed by atoms with Gasteiger partial charge in [0.25, 0.3) is 0 Å². The summed E-state index contributed by atoms with van der Waals surface area (Å²) in [6.45, 7) is 1.84. The van der Waals surface area contributed by atoms with Gasteiger partial charge in [-0.3, -0.25) is 9.48 Å². The molecule has 6 rings (SSSR count). The maximum Gasteiger partial charge on any atom is 0.228 e. The molecule has 0 N–H and O–H groups in total. The van der Waals surface area contributed by atoms with Gasteiger partial charge in [-0.1, -0.05) is 0 Å². The van der Waals surface area contributed by atoms with Crippen LogP contribution in [0.4, 0.5) is 0 Å². The highest BCUT2D eigenvalue weighted by Crippen LogP contribution is 2.60. The van der Waals surface area contributed by atoms with Gasteiger partial charge in [0.15, 0.2) is 0 Å². The summed E-state index contributed by atoms with van der Waals surface area (Å²) in [5.41, 5.74) is 0.0350. The zero-order valence-corrected chi connectivity index (χ0v) is 13.9. The van der Waals surface area contributed by atoms with E-state index in [4.69, 9.17) is 0 Å². The topological polar surface area (TPSA) is 38.1 Å². The molecule has 23 heavy (non-hydrogen) atoms. The molecule has 1 aliphatic heterocycles. The van der Waals surface area contributed by atoms with E-state index in [-0.39, 0.29) is 5.41 Å². The summed E-state index contributed by atoms with van der Waals surface area (Å²) in [6.07, 6.45) is 13.8. The molecule has 0 atom stereocenters. The third-order valence-electron chi connectivity index (χ3n) is 7.14. The summed E-state index contributed by atoms with van der Waals surface area (Å²) in [4.78, 5) is 15.5. The van der Waals surface area contributed by atoms with Crippen LogP contribution >= 0.6 is 0 Å². The lowest BCUT2D eigenvalue weighted by Gasteiger charge is -2.57. The number of likely N-dealkylation sites (tertiary alicyclic amines) is 1. The monoisotopic (exact) mass is 313 g/mol. The second-order valence-electron chi connectivity index (χ2n) is 8.71. The molecule has 4 bridgehead atoms. The Hall–Kier alpha value is -1.32. The number of carbonyl (C=O) groups excluding carboxylic acids is 1. The fourth-order valence-electron chi connectivity index (χ4n) is 6.54. The van der Waals surface area contributed by atoms with E-state index in [1.54, 1.807) is 0 Å². The molecule has 1 amide bonds. The number of nitrogens with zero attached hydrogens (tertiary/aromatic N) is 3. The summed E-state index contributed by atoms with van der Waals surface area (Å²) in [5.74, 6) is 3.07. The van der Waals surface area contributed by atoms with Gasteiger partial charge in [0.1, 0.15) is 0 Å². The Kier molecular flexibility index (Phi) is 3.11. The lowest BCUT2D eigenvalue weighted by molar-refractivity contribution is -0.159. The second-order valence-corrected chi connectivity index (χ2v) is 8.71. The third kappa shape index (κ3) is 2.25. The Balaban J connectivity index is 1.29. The van der Waals surface area contributed by atoms with Gasteiger partial charge in [0.2, 0.25) is 5.91 Å². The number of amides is 1. The quantitative estimate of drug-likeness (QED) is 0.840. The fraction of sp³-hybridized carbons (Fsp3) is 0.789. The van der Waals surface area contributed by atoms with Gasteiger partial charge in [0.05, 0.1) is 11.5 Å². The molecule has 124 valence electrons. The van der Waals surface area contributed by atoms with Crippen molar-refractivity contribution in [2.45, 2.75) is 57.4 Å². The first-order chi connectivity index (χ1) is 11.2. The van der Waals surface area contributed by atoms with E-state index in [1.165, 1.54) is 38.5 Å². The zero-order valence-electron chi connectivity index (χ0n) is 13.9. The number of piperidine rings is 1. The highest BCUT2D eigenvalue weighted by molar-refractivity contribution is 5.83. The van der Waals surface area contributed by atoms with Crippen LogP contribution in [0.2, 0.25) is 0 Å². The van der Waals surface area contributed by atoms with E-state index >= 15 is 0 Å². The number of rotatable bonds is 2. The SMILES string of the molecule is O=C(N1CCC(n2cccn2)CC1)C12CC3CC(CC(C3)C1)C2. The first-order valence-corrected chi connectivity index (χ1v) is 9.50. The van der Waals surface area contributed by atoms with Crippen molar-refractivity contribution in [3.8, 4) is 0 Å². The maximum absolute atomic E-state index is 13.3. The van der Waals surface area contributed by atoms with Crippen LogP contribution in [0.25, 0.3) is 0 Å². The molecule has 1 saturated heterocycles. The van der Waals surface area contributed by atoms with Gasteiger partial charge in [0, 0.05) is 25.5 Å². The lowest BCUT2D eigenvalue weighted by atomic mass is 9.49. The van der Waals surface area contributed by atoms with Gasteiger partial charge in [-0.25, -0.2) is 0 Å². The highest BCUT2D eigenvalue weighted by Gasteiger charge is 2.55. The van der Waals surface area contributed by atoms with Crippen LogP contribution < -0.4 is 0 Å². The summed E-state index contributed by atoms with van der Waals surface area (Å²) in [7, 11) is 0. The molecule has 4 saturated carbocycles. The average Bonchev–Trinajstić information content (AvgIpc) is 3.07. The van der Waals surface area contributed by atoms with Crippen LogP contribution in [0.1, 0.15) is 57.4 Å². The van der Waals surface area contributed by atoms with Crippen molar-refractivity contribution in [1.82, 2.24) is 14.7 Å². The fourth-order valence-corrected chi connectivity index (χ4v) is 6.54. The van der Waals surface area contributed by atoms with Crippen molar-refractivity contribution in [1.29, 1.82) is 0 Å². The van der Waals surface area contributed by atoms with Gasteiger partial charge in [-0.15, -0.1) is 0 Å². The zero-order chi connectivity index (χ0) is 15.4. The van der Waals surface area contributed by atoms with E-state index in [0.717, 1.165) is 43.7 Å². The first kappa shape index (κ1) is 14.1. The minimum absolute atomic E-state index is 0.0350. The first-order valence-electron chi connectivity index (χ1n) is 9.50. The van der Waals surface area contributed by atoms with Crippen LogP contribution in [0.5, 0.6) is 0 Å². The minimum Gasteiger partial charge on any atom is -0.342 e. The summed E-state index contributed by atoms with van der Waals surface area (Å²) in [5, 5.41) is 4.38. The van der Waals surface area contributed by atoms with Crippen molar-refractivity contribution in [3.05, 3.63) is 18.5 Å². The Morgan fingerprint density at radius 2 is 1.61 bits per heavy atom. The molecule has 0 aromatic carbocycles. The molecule has 4 nitrogen and oxygen atoms in total. The minimum atomic E-state index is 0.0350. The van der Waals surface area contributed by atoms with Crippen LogP contribution in [-0.4, -0.2) is 33.7 Å². The van der Waals surface area contributed by atoms with Gasteiger partial charge < -0.3 is 4.90 Å². The second kappa shape index (κ2) is 5.09. The molecule has 5 fully saturated rings. The Morgan fingerprint density at radius 1 is 1.00 bits per heavy atom. The van der Waals surface area contributed by atoms with E-state index in [9.17, 15) is 4.79 Å². The molecule has 4 aliphatic carbocycles. The van der Waals surface area contributed by atoms with Gasteiger partial charge in [-0.05, 0) is 75.2 Å².